The highest BCUT2D eigenvalue weighted by Crippen LogP contribution is 2.16. The Balaban J connectivity index is 4.56. The average Bonchev–Trinajstić information content (AvgIpc) is 2.18. The van der Waals surface area contributed by atoms with Crippen LogP contribution >= 0.6 is 0 Å². The number of unbranched alkanes of at least 4 members (excludes halogenated alkanes) is 1. The molecule has 0 radical (unpaired) electrons. The summed E-state index contributed by atoms with van der Waals surface area (Å²) in [5.41, 5.74) is 0. The normalized spacial score (nSPS) is 15.9. The second-order valence-corrected chi connectivity index (χ2v) is 8.91. The highest BCUT2D eigenvalue weighted by Gasteiger charge is 2.36. The SMILES string of the molecule is CCC/C=C/C(=O)[Si](C)(CCC)N(C)C. The lowest BCUT2D eigenvalue weighted by atomic mass is 10.3. The molecule has 0 aliphatic carbocycles. The molecule has 0 spiro atoms. The van der Waals surface area contributed by atoms with Crippen molar-refractivity contribution < 1.29 is 4.79 Å². The van der Waals surface area contributed by atoms with Crippen LogP contribution in [0, 0.1) is 0 Å². The van der Waals surface area contributed by atoms with Crippen LogP contribution in [0.25, 0.3) is 0 Å². The third-order valence-electron chi connectivity index (χ3n) is 2.98. The number of carbonyl (C=O) groups is 1. The molecule has 2 nitrogen and oxygen atoms in total. The van der Waals surface area contributed by atoms with Crippen LogP contribution in [0.15, 0.2) is 12.2 Å². The molecule has 0 aromatic heterocycles. The van der Waals surface area contributed by atoms with Crippen LogP contribution in [0.4, 0.5) is 0 Å². The van der Waals surface area contributed by atoms with Gasteiger partial charge in [0.2, 0.25) is 8.24 Å². The van der Waals surface area contributed by atoms with Gasteiger partial charge in [0.25, 0.3) is 0 Å². The number of rotatable bonds is 7. The molecule has 1 unspecified atom stereocenters. The minimum atomic E-state index is -1.87. The maximum atomic E-state index is 12.1. The molecule has 0 saturated carbocycles. The Morgan fingerprint density at radius 3 is 2.27 bits per heavy atom. The summed E-state index contributed by atoms with van der Waals surface area (Å²) in [4.78, 5) is 12.1. The summed E-state index contributed by atoms with van der Waals surface area (Å²) >= 11 is 0. The molecular formula is C12H25NOSi. The number of hydrogen-bond acceptors (Lipinski definition) is 2. The highest BCUT2D eigenvalue weighted by atomic mass is 28.3. The van der Waals surface area contributed by atoms with Crippen molar-refractivity contribution in [3.05, 3.63) is 12.2 Å². The fourth-order valence-corrected chi connectivity index (χ4v) is 4.18. The van der Waals surface area contributed by atoms with E-state index in [1.807, 2.05) is 26.2 Å². The molecule has 15 heavy (non-hydrogen) atoms. The minimum absolute atomic E-state index is 0.364. The zero-order valence-corrected chi connectivity index (χ0v) is 11.8. The number of allylic oxidation sites excluding steroid dienone is 2. The summed E-state index contributed by atoms with van der Waals surface area (Å²) in [5.74, 6) is 0. The average molecular weight is 227 g/mol. The van der Waals surface area contributed by atoms with E-state index >= 15 is 0 Å². The molecule has 0 aromatic carbocycles. The first-order valence-corrected chi connectivity index (χ1v) is 8.52. The van der Waals surface area contributed by atoms with Gasteiger partial charge in [-0.15, -0.1) is 0 Å². The molecule has 1 atom stereocenters. The molecule has 0 heterocycles. The summed E-state index contributed by atoms with van der Waals surface area (Å²) in [6.07, 6.45) is 7.04. The predicted molar refractivity (Wildman–Crippen MR) is 69.5 cm³/mol. The van der Waals surface area contributed by atoms with Crippen LogP contribution in [0.1, 0.15) is 33.1 Å². The van der Waals surface area contributed by atoms with E-state index in [9.17, 15) is 4.79 Å². The zero-order valence-electron chi connectivity index (χ0n) is 10.8. The van der Waals surface area contributed by atoms with E-state index in [1.165, 1.54) is 0 Å². The molecule has 0 amide bonds. The van der Waals surface area contributed by atoms with Crippen molar-refractivity contribution in [1.82, 2.24) is 4.57 Å². The fraction of sp³-hybridized carbons (Fsp3) is 0.750. The molecule has 0 fully saturated rings. The molecule has 0 bridgehead atoms. The Morgan fingerprint density at radius 2 is 1.87 bits per heavy atom. The van der Waals surface area contributed by atoms with E-state index in [0.29, 0.717) is 5.41 Å². The van der Waals surface area contributed by atoms with Crippen LogP contribution in [0.2, 0.25) is 12.6 Å². The van der Waals surface area contributed by atoms with Crippen LogP contribution in [0.3, 0.4) is 0 Å². The largest absolute Gasteiger partial charge is 0.323 e. The summed E-state index contributed by atoms with van der Waals surface area (Å²) in [5, 5.41) is 0.364. The molecule has 88 valence electrons. The van der Waals surface area contributed by atoms with Crippen molar-refractivity contribution in [2.45, 2.75) is 45.7 Å². The Morgan fingerprint density at radius 1 is 1.27 bits per heavy atom. The molecule has 0 aromatic rings. The van der Waals surface area contributed by atoms with Gasteiger partial charge in [-0.3, -0.25) is 4.79 Å². The molecule has 0 N–H and O–H groups in total. The van der Waals surface area contributed by atoms with Gasteiger partial charge in [0.15, 0.2) is 5.41 Å². The minimum Gasteiger partial charge on any atom is -0.323 e. The quantitative estimate of drug-likeness (QED) is 0.492. The third-order valence-corrected chi connectivity index (χ3v) is 7.66. The molecule has 0 rings (SSSR count). The fourth-order valence-electron chi connectivity index (χ4n) is 1.59. The Labute approximate surface area is 95.4 Å². The van der Waals surface area contributed by atoms with E-state index in [0.717, 1.165) is 25.3 Å². The lowest BCUT2D eigenvalue weighted by molar-refractivity contribution is -0.109. The lowest BCUT2D eigenvalue weighted by Crippen LogP contribution is -2.53. The number of nitrogens with zero attached hydrogens (tertiary/aromatic N) is 1. The van der Waals surface area contributed by atoms with Crippen molar-refractivity contribution in [2.24, 2.45) is 0 Å². The second kappa shape index (κ2) is 6.96. The maximum Gasteiger partial charge on any atom is 0.206 e. The third kappa shape index (κ3) is 4.30. The number of carbonyl (C=O) groups excluding carboxylic acids is 1. The first-order chi connectivity index (χ1) is 6.99. The lowest BCUT2D eigenvalue weighted by Gasteiger charge is -2.31. The molecule has 0 saturated heterocycles. The van der Waals surface area contributed by atoms with E-state index in [1.54, 1.807) is 0 Å². The van der Waals surface area contributed by atoms with Gasteiger partial charge in [0.05, 0.1) is 0 Å². The smallest absolute Gasteiger partial charge is 0.206 e. The van der Waals surface area contributed by atoms with Crippen molar-refractivity contribution in [3.63, 3.8) is 0 Å². The first-order valence-electron chi connectivity index (χ1n) is 5.87. The van der Waals surface area contributed by atoms with Crippen molar-refractivity contribution in [1.29, 1.82) is 0 Å². The Bertz CT molecular complexity index is 226. The highest BCUT2D eigenvalue weighted by molar-refractivity contribution is 7.04. The van der Waals surface area contributed by atoms with E-state index in [4.69, 9.17) is 0 Å². The standard InChI is InChI=1S/C12H25NOSi/c1-6-8-9-10-12(14)15(5,11-7-2)13(3)4/h9-10H,6-8,11H2,1-5H3/b10-9+. The van der Waals surface area contributed by atoms with E-state index in [2.05, 4.69) is 25.0 Å². The number of hydrogen-bond donors (Lipinski definition) is 0. The molecular weight excluding hydrogens is 202 g/mol. The van der Waals surface area contributed by atoms with Gasteiger partial charge < -0.3 is 4.57 Å². The summed E-state index contributed by atoms with van der Waals surface area (Å²) in [6, 6.07) is 1.05. The van der Waals surface area contributed by atoms with Crippen molar-refractivity contribution in [3.8, 4) is 0 Å². The molecule has 0 aliphatic heterocycles. The summed E-state index contributed by atoms with van der Waals surface area (Å²) in [7, 11) is 2.20. The molecule has 3 heteroatoms. The van der Waals surface area contributed by atoms with Gasteiger partial charge >= 0.3 is 0 Å². The van der Waals surface area contributed by atoms with Crippen molar-refractivity contribution >= 4 is 13.6 Å². The van der Waals surface area contributed by atoms with Gasteiger partial charge in [0.1, 0.15) is 0 Å². The Kier molecular flexibility index (Phi) is 6.77. The monoisotopic (exact) mass is 227 g/mol. The van der Waals surface area contributed by atoms with Gasteiger partial charge in [-0.1, -0.05) is 32.8 Å². The first kappa shape index (κ1) is 14.6. The predicted octanol–water partition coefficient (Wildman–Crippen LogP) is 3.00. The van der Waals surface area contributed by atoms with Crippen molar-refractivity contribution in [2.75, 3.05) is 14.1 Å². The molecule has 0 aliphatic rings. The van der Waals surface area contributed by atoms with E-state index < -0.39 is 8.24 Å². The van der Waals surface area contributed by atoms with Gasteiger partial charge in [0, 0.05) is 0 Å². The zero-order chi connectivity index (χ0) is 11.9. The van der Waals surface area contributed by atoms with E-state index in [-0.39, 0.29) is 0 Å². The summed E-state index contributed by atoms with van der Waals surface area (Å²) < 4.78 is 2.16. The second-order valence-electron chi connectivity index (χ2n) is 4.47. The van der Waals surface area contributed by atoms with Gasteiger partial charge in [-0.2, -0.15) is 0 Å². The Hall–Kier alpha value is -0.413. The van der Waals surface area contributed by atoms with Gasteiger partial charge in [-0.25, -0.2) is 0 Å². The summed E-state index contributed by atoms with van der Waals surface area (Å²) in [6.45, 7) is 6.44. The van der Waals surface area contributed by atoms with Crippen LogP contribution in [0.5, 0.6) is 0 Å². The topological polar surface area (TPSA) is 20.3 Å². The van der Waals surface area contributed by atoms with Gasteiger partial charge in [-0.05, 0) is 39.2 Å². The maximum absolute atomic E-state index is 12.1. The van der Waals surface area contributed by atoms with Crippen LogP contribution in [-0.4, -0.2) is 32.3 Å². The van der Waals surface area contributed by atoms with Crippen LogP contribution in [-0.2, 0) is 4.79 Å². The van der Waals surface area contributed by atoms with Crippen LogP contribution < -0.4 is 0 Å².